The van der Waals surface area contributed by atoms with Crippen LogP contribution < -0.4 is 5.32 Å². The van der Waals surface area contributed by atoms with Gasteiger partial charge in [0.15, 0.2) is 5.78 Å². The van der Waals surface area contributed by atoms with Crippen molar-refractivity contribution in [1.82, 2.24) is 14.8 Å². The minimum atomic E-state index is -1.30. The van der Waals surface area contributed by atoms with E-state index in [4.69, 9.17) is 5.26 Å². The second-order valence-corrected chi connectivity index (χ2v) is 8.01. The summed E-state index contributed by atoms with van der Waals surface area (Å²) in [6.07, 6.45) is 0. The van der Waals surface area contributed by atoms with Crippen LogP contribution in [0, 0.1) is 25.2 Å². The van der Waals surface area contributed by atoms with E-state index in [9.17, 15) is 14.4 Å². The van der Waals surface area contributed by atoms with Crippen molar-refractivity contribution in [2.45, 2.75) is 26.3 Å². The summed E-state index contributed by atoms with van der Waals surface area (Å²) < 4.78 is 1.97. The van der Waals surface area contributed by atoms with Crippen LogP contribution in [0.3, 0.4) is 0 Å². The summed E-state index contributed by atoms with van der Waals surface area (Å²) in [5, 5.41) is 11.7. The van der Waals surface area contributed by atoms with Crippen molar-refractivity contribution in [3.63, 3.8) is 0 Å². The van der Waals surface area contributed by atoms with Gasteiger partial charge in [0.1, 0.15) is 5.54 Å². The molecule has 3 aromatic rings. The molecule has 32 heavy (non-hydrogen) atoms. The van der Waals surface area contributed by atoms with E-state index in [1.165, 1.54) is 0 Å². The van der Waals surface area contributed by atoms with Gasteiger partial charge in [-0.05, 0) is 56.7 Å². The van der Waals surface area contributed by atoms with Gasteiger partial charge in [-0.25, -0.2) is 4.79 Å². The van der Waals surface area contributed by atoms with Crippen LogP contribution in [0.25, 0.3) is 5.69 Å². The van der Waals surface area contributed by atoms with Gasteiger partial charge in [0.05, 0.1) is 18.2 Å². The highest BCUT2D eigenvalue weighted by molar-refractivity contribution is 6.11. The minimum absolute atomic E-state index is 0.312. The fourth-order valence-corrected chi connectivity index (χ4v) is 4.16. The predicted molar refractivity (Wildman–Crippen MR) is 118 cm³/mol. The van der Waals surface area contributed by atoms with Crippen molar-refractivity contribution in [3.8, 4) is 11.8 Å². The molecule has 160 valence electrons. The van der Waals surface area contributed by atoms with Gasteiger partial charge in [0.2, 0.25) is 0 Å². The number of hydrogen-bond acceptors (Lipinski definition) is 4. The topological polar surface area (TPSA) is 95.2 Å². The van der Waals surface area contributed by atoms with Crippen LogP contribution in [0.1, 0.15) is 39.8 Å². The van der Waals surface area contributed by atoms with Crippen molar-refractivity contribution in [3.05, 3.63) is 88.7 Å². The van der Waals surface area contributed by atoms with Gasteiger partial charge in [-0.3, -0.25) is 14.5 Å². The molecule has 7 nitrogen and oxygen atoms in total. The zero-order chi connectivity index (χ0) is 23.0. The molecule has 1 aliphatic heterocycles. The molecule has 0 aliphatic carbocycles. The first-order valence-corrected chi connectivity index (χ1v) is 10.2. The number of aromatic nitrogens is 1. The third-order valence-corrected chi connectivity index (χ3v) is 5.91. The normalized spacial score (nSPS) is 17.9. The Bertz CT molecular complexity index is 1270. The highest BCUT2D eigenvalue weighted by Gasteiger charge is 2.49. The third-order valence-electron chi connectivity index (χ3n) is 5.91. The standard InChI is InChI=1S/C25H22N4O3/c1-16-13-21(17(2)29(16)20-7-5-4-6-8-20)22(30)15-28-23(31)25(3,27-24(28)32)19-11-9-18(14-26)10-12-19/h4-13H,15H2,1-3H3,(H,27,32). The first-order chi connectivity index (χ1) is 15.3. The fraction of sp³-hybridized carbons (Fsp3) is 0.200. The Morgan fingerprint density at radius 1 is 1.06 bits per heavy atom. The lowest BCUT2D eigenvalue weighted by atomic mass is 9.91. The number of ketones is 1. The summed E-state index contributed by atoms with van der Waals surface area (Å²) in [6, 6.07) is 19.3. The van der Waals surface area contributed by atoms with E-state index in [1.54, 1.807) is 37.3 Å². The van der Waals surface area contributed by atoms with Crippen LogP contribution in [0.2, 0.25) is 0 Å². The fourth-order valence-electron chi connectivity index (χ4n) is 4.16. The summed E-state index contributed by atoms with van der Waals surface area (Å²) in [5.74, 6) is -0.815. The number of rotatable bonds is 5. The lowest BCUT2D eigenvalue weighted by Crippen LogP contribution is -2.41. The van der Waals surface area contributed by atoms with Gasteiger partial charge < -0.3 is 9.88 Å². The van der Waals surface area contributed by atoms with E-state index in [0.717, 1.165) is 22.0 Å². The Kier molecular flexibility index (Phi) is 5.15. The number of nitrogens with one attached hydrogen (secondary N) is 1. The second-order valence-electron chi connectivity index (χ2n) is 8.01. The summed E-state index contributed by atoms with van der Waals surface area (Å²) >= 11 is 0. The van der Waals surface area contributed by atoms with E-state index >= 15 is 0 Å². The van der Waals surface area contributed by atoms with Gasteiger partial charge >= 0.3 is 6.03 Å². The van der Waals surface area contributed by atoms with E-state index in [0.29, 0.717) is 16.7 Å². The number of para-hydroxylation sites is 1. The van der Waals surface area contributed by atoms with Crippen molar-refractivity contribution in [2.75, 3.05) is 6.54 Å². The molecule has 0 bridgehead atoms. The SMILES string of the molecule is Cc1cc(C(=O)CN2C(=O)NC(C)(c3ccc(C#N)cc3)C2=O)c(C)n1-c1ccccc1. The molecule has 1 unspecified atom stereocenters. The quantitative estimate of drug-likeness (QED) is 0.498. The zero-order valence-electron chi connectivity index (χ0n) is 18.0. The first kappa shape index (κ1) is 21.1. The van der Waals surface area contributed by atoms with E-state index in [2.05, 4.69) is 5.32 Å². The lowest BCUT2D eigenvalue weighted by Gasteiger charge is -2.22. The van der Waals surface area contributed by atoms with Crippen LogP contribution in [0.15, 0.2) is 60.7 Å². The van der Waals surface area contributed by atoms with Gasteiger partial charge in [-0.2, -0.15) is 5.26 Å². The molecule has 0 saturated carbocycles. The van der Waals surface area contributed by atoms with Crippen LogP contribution in [0.5, 0.6) is 0 Å². The van der Waals surface area contributed by atoms with Crippen molar-refractivity contribution in [1.29, 1.82) is 5.26 Å². The molecule has 2 aromatic carbocycles. The number of benzene rings is 2. The molecule has 0 radical (unpaired) electrons. The first-order valence-electron chi connectivity index (χ1n) is 10.2. The summed E-state index contributed by atoms with van der Waals surface area (Å²) in [6.45, 7) is 5.00. The number of carbonyl (C=O) groups is 3. The average Bonchev–Trinajstić information content (AvgIpc) is 3.21. The number of imide groups is 1. The van der Waals surface area contributed by atoms with Gasteiger partial charge in [-0.15, -0.1) is 0 Å². The number of nitrogens with zero attached hydrogens (tertiary/aromatic N) is 3. The summed E-state index contributed by atoms with van der Waals surface area (Å²) in [4.78, 5) is 39.9. The Morgan fingerprint density at radius 2 is 1.72 bits per heavy atom. The molecule has 1 saturated heterocycles. The average molecular weight is 426 g/mol. The molecule has 3 amide bonds. The van der Waals surface area contributed by atoms with Crippen LogP contribution >= 0.6 is 0 Å². The summed E-state index contributed by atoms with van der Waals surface area (Å²) in [5.41, 5.74) is 2.75. The van der Waals surface area contributed by atoms with Gasteiger partial charge in [0.25, 0.3) is 5.91 Å². The van der Waals surface area contributed by atoms with Crippen molar-refractivity contribution >= 4 is 17.7 Å². The molecule has 1 atom stereocenters. The highest BCUT2D eigenvalue weighted by atomic mass is 16.2. The van der Waals surface area contributed by atoms with Gasteiger partial charge in [-0.1, -0.05) is 30.3 Å². The monoisotopic (exact) mass is 426 g/mol. The number of amides is 3. The van der Waals surface area contributed by atoms with Crippen molar-refractivity contribution < 1.29 is 14.4 Å². The van der Waals surface area contributed by atoms with Crippen LogP contribution in [-0.2, 0) is 10.3 Å². The number of carbonyl (C=O) groups excluding carboxylic acids is 3. The minimum Gasteiger partial charge on any atom is -0.319 e. The number of Topliss-reactive ketones (excluding diaryl/α,β-unsaturated/α-hetero) is 1. The third kappa shape index (κ3) is 3.36. The maximum atomic E-state index is 13.2. The highest BCUT2D eigenvalue weighted by Crippen LogP contribution is 2.30. The predicted octanol–water partition coefficient (Wildman–Crippen LogP) is 3.62. The maximum Gasteiger partial charge on any atom is 0.325 e. The Hall–Kier alpha value is -4.18. The number of urea groups is 1. The molecule has 1 aliphatic rings. The molecule has 1 N–H and O–H groups in total. The van der Waals surface area contributed by atoms with Crippen LogP contribution in [0.4, 0.5) is 4.79 Å². The molecule has 1 aromatic heterocycles. The number of hydrogen-bond donors (Lipinski definition) is 1. The summed E-state index contributed by atoms with van der Waals surface area (Å²) in [7, 11) is 0. The molecule has 1 fully saturated rings. The lowest BCUT2D eigenvalue weighted by molar-refractivity contribution is -0.130. The largest absolute Gasteiger partial charge is 0.325 e. The number of nitriles is 1. The smallest absolute Gasteiger partial charge is 0.319 e. The Labute approximate surface area is 185 Å². The molecule has 7 heteroatoms. The Morgan fingerprint density at radius 3 is 2.34 bits per heavy atom. The second kappa shape index (κ2) is 7.82. The van der Waals surface area contributed by atoms with E-state index < -0.39 is 17.5 Å². The molecule has 4 rings (SSSR count). The molecular weight excluding hydrogens is 404 g/mol. The van der Waals surface area contributed by atoms with E-state index in [-0.39, 0.29) is 12.3 Å². The van der Waals surface area contributed by atoms with Crippen LogP contribution in [-0.4, -0.2) is 33.7 Å². The Balaban J connectivity index is 1.60. The van der Waals surface area contributed by atoms with Gasteiger partial charge in [0, 0.05) is 22.6 Å². The molecule has 2 heterocycles. The van der Waals surface area contributed by atoms with E-state index in [1.807, 2.05) is 54.8 Å². The zero-order valence-corrected chi connectivity index (χ0v) is 18.0. The van der Waals surface area contributed by atoms with Crippen molar-refractivity contribution in [2.24, 2.45) is 0 Å². The number of aryl methyl sites for hydroxylation is 1. The molecular formula is C25H22N4O3. The molecule has 0 spiro atoms. The maximum absolute atomic E-state index is 13.2.